The van der Waals surface area contributed by atoms with Crippen molar-refractivity contribution in [1.29, 1.82) is 0 Å². The number of hydrogen-bond donors (Lipinski definition) is 7. The molecule has 7 N–H and O–H groups in total. The summed E-state index contributed by atoms with van der Waals surface area (Å²) in [5, 5.41) is 65.4. The van der Waals surface area contributed by atoms with Crippen molar-refractivity contribution in [2.24, 2.45) is 10.8 Å². The molecule has 4 aliphatic rings. The van der Waals surface area contributed by atoms with Gasteiger partial charge in [0, 0.05) is 6.42 Å². The van der Waals surface area contributed by atoms with Crippen LogP contribution in [0.15, 0.2) is 0 Å². The Bertz CT molecular complexity index is 1120. The minimum absolute atomic E-state index is 0.251. The van der Waals surface area contributed by atoms with Gasteiger partial charge in [-0.15, -0.1) is 0 Å². The first kappa shape index (κ1) is 57.5. The van der Waals surface area contributed by atoms with E-state index in [4.69, 9.17) is 9.47 Å². The van der Waals surface area contributed by atoms with Crippen LogP contribution < -0.4 is 5.32 Å². The molecule has 64 heavy (non-hydrogen) atoms. The van der Waals surface area contributed by atoms with Gasteiger partial charge in [0.2, 0.25) is 5.91 Å². The fraction of sp³-hybridized carbons (Fsp3) is 0.981. The molecule has 10 nitrogen and oxygen atoms in total. The summed E-state index contributed by atoms with van der Waals surface area (Å²) in [7, 11) is 0. The van der Waals surface area contributed by atoms with Crippen molar-refractivity contribution in [2.45, 2.75) is 313 Å². The van der Waals surface area contributed by atoms with Crippen LogP contribution in [0.25, 0.3) is 0 Å². The highest BCUT2D eigenvalue weighted by atomic mass is 16.7. The number of amides is 1. The summed E-state index contributed by atoms with van der Waals surface area (Å²) in [4.78, 5) is 13.1. The predicted molar refractivity (Wildman–Crippen MR) is 260 cm³/mol. The molecular weight excluding hydrogens is 807 g/mol. The second kappa shape index (κ2) is 34.4. The maximum atomic E-state index is 13.1. The van der Waals surface area contributed by atoms with Gasteiger partial charge in [0.15, 0.2) is 6.29 Å². The largest absolute Gasteiger partial charge is 0.394 e. The van der Waals surface area contributed by atoms with Crippen LogP contribution in [-0.4, -0.2) is 98.7 Å². The molecule has 8 atom stereocenters. The Morgan fingerprint density at radius 3 is 1.42 bits per heavy atom. The average Bonchev–Trinajstić information content (AvgIpc) is 3.26. The van der Waals surface area contributed by atoms with Crippen molar-refractivity contribution in [2.75, 3.05) is 13.2 Å². The van der Waals surface area contributed by atoms with Gasteiger partial charge in [-0.25, -0.2) is 0 Å². The molecule has 1 heterocycles. The highest BCUT2D eigenvalue weighted by Gasteiger charge is 2.63. The summed E-state index contributed by atoms with van der Waals surface area (Å²) in [6.45, 7) is 3.82. The lowest BCUT2D eigenvalue weighted by Gasteiger charge is -2.70. The maximum absolute atomic E-state index is 13.1. The Balaban J connectivity index is 1.16. The molecule has 3 aliphatic carbocycles. The summed E-state index contributed by atoms with van der Waals surface area (Å²) in [5.41, 5.74) is 1.59. The Morgan fingerprint density at radius 1 is 0.594 bits per heavy atom. The quantitative estimate of drug-likeness (QED) is 0.0294. The molecule has 10 heteroatoms. The number of rotatable bonds is 44. The van der Waals surface area contributed by atoms with Crippen LogP contribution in [0.5, 0.6) is 0 Å². The molecule has 378 valence electrons. The van der Waals surface area contributed by atoms with Crippen molar-refractivity contribution in [1.82, 2.24) is 5.32 Å². The van der Waals surface area contributed by atoms with Gasteiger partial charge in [-0.2, -0.15) is 0 Å². The van der Waals surface area contributed by atoms with Gasteiger partial charge in [0.05, 0.1) is 25.4 Å². The zero-order chi connectivity index (χ0) is 46.3. The van der Waals surface area contributed by atoms with Crippen molar-refractivity contribution in [3.05, 3.63) is 0 Å². The molecule has 1 amide bonds. The van der Waals surface area contributed by atoms with Gasteiger partial charge < -0.3 is 45.4 Å². The first-order valence-electron chi connectivity index (χ1n) is 27.6. The molecule has 5 unspecified atom stereocenters. The smallest absolute Gasteiger partial charge is 0.220 e. The van der Waals surface area contributed by atoms with E-state index in [1.165, 1.54) is 199 Å². The van der Waals surface area contributed by atoms with Crippen molar-refractivity contribution < 1.29 is 44.9 Å². The van der Waals surface area contributed by atoms with E-state index in [-0.39, 0.29) is 18.9 Å². The SMILES string of the molecule is CCCCCCCCCCCCCC[C@@H](O)[C@@H](O)[C@H](COC1OC(CO)C(O)C(O)C1O)NC(=O)CCCCCCCCCCCCCCCCCCCCCCCC12CC(C)(C1)C2. The van der Waals surface area contributed by atoms with Crippen LogP contribution in [0.3, 0.4) is 0 Å². The van der Waals surface area contributed by atoms with E-state index in [2.05, 4.69) is 19.2 Å². The number of nitrogens with one attached hydrogen (secondary N) is 1. The third kappa shape index (κ3) is 23.4. The lowest BCUT2D eigenvalue weighted by Crippen LogP contribution is -2.60. The fourth-order valence-electron chi connectivity index (χ4n) is 11.5. The minimum Gasteiger partial charge on any atom is -0.394 e. The van der Waals surface area contributed by atoms with Crippen LogP contribution in [0.2, 0.25) is 0 Å². The molecule has 4 rings (SSSR count). The summed E-state index contributed by atoms with van der Waals surface area (Å²) in [6, 6.07) is -0.985. The van der Waals surface area contributed by atoms with Crippen molar-refractivity contribution in [3.8, 4) is 0 Å². The van der Waals surface area contributed by atoms with Crippen LogP contribution >= 0.6 is 0 Å². The molecule has 4 fully saturated rings. The summed E-state index contributed by atoms with van der Waals surface area (Å²) in [5.74, 6) is -0.251. The zero-order valence-electron chi connectivity index (χ0n) is 41.5. The van der Waals surface area contributed by atoms with E-state index in [0.717, 1.165) is 49.4 Å². The Hall–Kier alpha value is -0.850. The Labute approximate surface area is 392 Å². The number of unbranched alkanes of at least 4 members (excludes halogenated alkanes) is 31. The van der Waals surface area contributed by atoms with Gasteiger partial charge in [-0.1, -0.05) is 219 Å². The molecular formula is C54H103NO9. The second-order valence-electron chi connectivity index (χ2n) is 21.7. The first-order chi connectivity index (χ1) is 31.0. The van der Waals surface area contributed by atoms with E-state index < -0.39 is 55.6 Å². The molecule has 0 aromatic carbocycles. The molecule has 1 saturated heterocycles. The number of aliphatic hydroxyl groups excluding tert-OH is 6. The highest BCUT2D eigenvalue weighted by molar-refractivity contribution is 5.76. The van der Waals surface area contributed by atoms with Gasteiger partial charge in [0.25, 0.3) is 0 Å². The van der Waals surface area contributed by atoms with E-state index in [1.54, 1.807) is 0 Å². The lowest BCUT2D eigenvalue weighted by molar-refractivity contribution is -0.303. The Morgan fingerprint density at radius 2 is 1.00 bits per heavy atom. The van der Waals surface area contributed by atoms with Gasteiger partial charge in [0.1, 0.15) is 30.5 Å². The first-order valence-corrected chi connectivity index (χ1v) is 27.6. The van der Waals surface area contributed by atoms with E-state index in [0.29, 0.717) is 6.42 Å². The number of hydrogen-bond acceptors (Lipinski definition) is 9. The fourth-order valence-corrected chi connectivity index (χ4v) is 11.5. The molecule has 2 bridgehead atoms. The lowest BCUT2D eigenvalue weighted by atomic mass is 9.35. The molecule has 3 saturated carbocycles. The summed E-state index contributed by atoms with van der Waals surface area (Å²) in [6.07, 6.45) is 39.0. The third-order valence-electron chi connectivity index (χ3n) is 15.3. The molecule has 0 aromatic heterocycles. The summed E-state index contributed by atoms with van der Waals surface area (Å²) < 4.78 is 11.2. The summed E-state index contributed by atoms with van der Waals surface area (Å²) >= 11 is 0. The predicted octanol–water partition coefficient (Wildman–Crippen LogP) is 11.3. The van der Waals surface area contributed by atoms with Gasteiger partial charge in [-0.05, 0) is 49.4 Å². The zero-order valence-corrected chi connectivity index (χ0v) is 41.5. The second-order valence-corrected chi connectivity index (χ2v) is 21.7. The highest BCUT2D eigenvalue weighted by Crippen LogP contribution is 2.74. The molecule has 0 spiro atoms. The normalized spacial score (nSPS) is 26.6. The topological polar surface area (TPSA) is 169 Å². The van der Waals surface area contributed by atoms with Crippen LogP contribution in [0.1, 0.15) is 264 Å². The van der Waals surface area contributed by atoms with E-state index in [1.807, 2.05) is 0 Å². The van der Waals surface area contributed by atoms with Crippen LogP contribution in [0, 0.1) is 10.8 Å². The third-order valence-corrected chi connectivity index (χ3v) is 15.3. The average molecular weight is 910 g/mol. The standard InChI is InChI=1S/C54H103NO9/c1-3-4-5-6-7-8-9-21-24-27-30-33-36-45(57)48(59)44(40-63-52-51(62)50(61)49(60)46(39-56)64-52)55-47(58)37-34-31-28-25-22-19-17-15-13-11-10-12-14-16-18-20-23-26-29-32-35-38-54-41-53(2,42-54)43-54/h44-46,48-52,56-57,59-62H,3-43H2,1-2H3,(H,55,58)/t44-,45+,46?,48-,49?,50?,51?,52?,53?,54?/m0/s1. The number of ether oxygens (including phenoxy) is 2. The van der Waals surface area contributed by atoms with Crippen LogP contribution in [-0.2, 0) is 14.3 Å². The van der Waals surface area contributed by atoms with Crippen LogP contribution in [0.4, 0.5) is 0 Å². The minimum atomic E-state index is -1.60. The van der Waals surface area contributed by atoms with Gasteiger partial charge in [-0.3, -0.25) is 4.79 Å². The number of carbonyl (C=O) groups is 1. The van der Waals surface area contributed by atoms with Crippen molar-refractivity contribution >= 4 is 5.91 Å². The number of carbonyl (C=O) groups excluding carboxylic acids is 1. The van der Waals surface area contributed by atoms with E-state index in [9.17, 15) is 35.4 Å². The molecule has 0 aromatic rings. The molecule has 1 aliphatic heterocycles. The Kier molecular flexibility index (Phi) is 30.9. The van der Waals surface area contributed by atoms with Crippen molar-refractivity contribution in [3.63, 3.8) is 0 Å². The van der Waals surface area contributed by atoms with E-state index >= 15 is 0 Å². The van der Waals surface area contributed by atoms with Gasteiger partial charge >= 0.3 is 0 Å². The monoisotopic (exact) mass is 910 g/mol. The number of aliphatic hydroxyl groups is 6. The maximum Gasteiger partial charge on any atom is 0.220 e. The molecule has 0 radical (unpaired) electrons.